The highest BCUT2D eigenvalue weighted by Crippen LogP contribution is 2.29. The van der Waals surface area contributed by atoms with Gasteiger partial charge >= 0.3 is 0 Å². The number of carbonyl (C=O) groups excluding carboxylic acids is 1. The molecule has 138 valence electrons. The van der Waals surface area contributed by atoms with Crippen molar-refractivity contribution in [1.82, 2.24) is 5.43 Å². The van der Waals surface area contributed by atoms with Gasteiger partial charge in [0.15, 0.2) is 0 Å². The van der Waals surface area contributed by atoms with E-state index >= 15 is 0 Å². The monoisotopic (exact) mass is 576 g/mol. The van der Waals surface area contributed by atoms with Crippen LogP contribution in [0.4, 0.5) is 0 Å². The van der Waals surface area contributed by atoms with E-state index < -0.39 is 0 Å². The van der Waals surface area contributed by atoms with Crippen molar-refractivity contribution in [2.24, 2.45) is 5.10 Å². The lowest BCUT2D eigenvalue weighted by Gasteiger charge is -2.14. The first-order valence-corrected chi connectivity index (χ1v) is 10.5. The first kappa shape index (κ1) is 21.1. The average molecular weight is 576 g/mol. The molecule has 2 aromatic carbocycles. The number of halogens is 2. The van der Waals surface area contributed by atoms with E-state index in [1.807, 2.05) is 58.0 Å². The van der Waals surface area contributed by atoms with Gasteiger partial charge < -0.3 is 4.74 Å². The minimum atomic E-state index is -0.126. The molecule has 0 spiro atoms. The molecule has 0 saturated carbocycles. The summed E-state index contributed by atoms with van der Waals surface area (Å²) in [4.78, 5) is 12.1. The summed E-state index contributed by atoms with van der Waals surface area (Å²) in [5.41, 5.74) is 6.81. The molecule has 2 aromatic rings. The molecule has 1 amide bonds. The zero-order valence-corrected chi connectivity index (χ0v) is 19.6. The van der Waals surface area contributed by atoms with Gasteiger partial charge in [-0.3, -0.25) is 4.79 Å². The second-order valence-electron chi connectivity index (χ2n) is 6.38. The highest BCUT2D eigenvalue weighted by Gasteiger charge is 2.10. The van der Waals surface area contributed by atoms with Crippen molar-refractivity contribution in [3.8, 4) is 5.75 Å². The van der Waals surface area contributed by atoms with Crippen molar-refractivity contribution in [2.45, 2.75) is 40.2 Å². The number of carbonyl (C=O) groups is 1. The molecule has 0 aliphatic carbocycles. The van der Waals surface area contributed by atoms with Crippen molar-refractivity contribution >= 4 is 57.3 Å². The molecule has 2 rings (SSSR count). The topological polar surface area (TPSA) is 50.7 Å². The van der Waals surface area contributed by atoms with Gasteiger partial charge in [0, 0.05) is 0 Å². The molecular weight excluding hydrogens is 554 g/mol. The normalized spacial score (nSPS) is 11.2. The third kappa shape index (κ3) is 6.22. The molecule has 4 nitrogen and oxygen atoms in total. The van der Waals surface area contributed by atoms with Crippen LogP contribution in [0.3, 0.4) is 0 Å². The molecule has 0 aliphatic rings. The summed E-state index contributed by atoms with van der Waals surface area (Å²) >= 11 is 4.51. The third-order valence-corrected chi connectivity index (χ3v) is 5.24. The summed E-state index contributed by atoms with van der Waals surface area (Å²) in [5, 5.41) is 4.09. The van der Waals surface area contributed by atoms with Crippen LogP contribution in [-0.2, 0) is 11.2 Å². The van der Waals surface area contributed by atoms with Crippen LogP contribution in [0, 0.1) is 21.0 Å². The largest absolute Gasteiger partial charge is 0.489 e. The fraction of sp³-hybridized carbons (Fsp3) is 0.300. The smallest absolute Gasteiger partial charge is 0.244 e. The van der Waals surface area contributed by atoms with Crippen LogP contribution in [0.1, 0.15) is 36.1 Å². The van der Waals surface area contributed by atoms with E-state index in [1.165, 1.54) is 0 Å². The van der Waals surface area contributed by atoms with Gasteiger partial charge in [-0.25, -0.2) is 5.43 Å². The molecule has 26 heavy (non-hydrogen) atoms. The number of nitrogens with zero attached hydrogens (tertiary/aromatic N) is 1. The van der Waals surface area contributed by atoms with Crippen LogP contribution >= 0.6 is 45.2 Å². The summed E-state index contributed by atoms with van der Waals surface area (Å²) in [6.07, 6.45) is 2.10. The number of rotatable bonds is 6. The Kier molecular flexibility index (Phi) is 7.87. The van der Waals surface area contributed by atoms with E-state index in [0.717, 1.165) is 35.1 Å². The van der Waals surface area contributed by atoms with Gasteiger partial charge in [0.25, 0.3) is 0 Å². The zero-order chi connectivity index (χ0) is 19.3. The van der Waals surface area contributed by atoms with Gasteiger partial charge in [0.05, 0.1) is 25.9 Å². The molecule has 0 heterocycles. The van der Waals surface area contributed by atoms with Gasteiger partial charge in [-0.15, -0.1) is 0 Å². The standard InChI is InChI=1S/C20H22I2N2O2/c1-12(2)26-20-17(21)8-15(9-18(20)22)11-23-24-19(25)10-16-7-13(3)5-6-14(16)4/h5-9,11-12H,10H2,1-4H3,(H,24,25)/b23-11+. The minimum Gasteiger partial charge on any atom is -0.489 e. The second-order valence-corrected chi connectivity index (χ2v) is 8.70. The lowest BCUT2D eigenvalue weighted by molar-refractivity contribution is -0.120. The Hall–Kier alpha value is -1.16. The van der Waals surface area contributed by atoms with Crippen molar-refractivity contribution in [2.75, 3.05) is 0 Å². The van der Waals surface area contributed by atoms with Gasteiger partial charge in [-0.2, -0.15) is 5.10 Å². The molecule has 0 atom stereocenters. The number of nitrogens with one attached hydrogen (secondary N) is 1. The molecule has 6 heteroatoms. The Morgan fingerprint density at radius 3 is 2.46 bits per heavy atom. The maximum absolute atomic E-state index is 12.1. The van der Waals surface area contributed by atoms with Crippen molar-refractivity contribution < 1.29 is 9.53 Å². The van der Waals surface area contributed by atoms with Gasteiger partial charge in [-0.1, -0.05) is 23.8 Å². The number of hydrogen-bond acceptors (Lipinski definition) is 3. The van der Waals surface area contributed by atoms with Crippen LogP contribution in [0.2, 0.25) is 0 Å². The summed E-state index contributed by atoms with van der Waals surface area (Å²) in [5.74, 6) is 0.761. The zero-order valence-electron chi connectivity index (χ0n) is 15.3. The number of ether oxygens (including phenoxy) is 1. The van der Waals surface area contributed by atoms with Crippen LogP contribution < -0.4 is 10.2 Å². The van der Waals surface area contributed by atoms with Crippen LogP contribution in [0.5, 0.6) is 5.75 Å². The highest BCUT2D eigenvalue weighted by molar-refractivity contribution is 14.1. The third-order valence-electron chi connectivity index (χ3n) is 3.63. The first-order chi connectivity index (χ1) is 12.3. The Balaban J connectivity index is 2.01. The fourth-order valence-electron chi connectivity index (χ4n) is 2.38. The number of benzene rings is 2. The number of hydrazone groups is 1. The van der Waals surface area contributed by atoms with E-state index in [9.17, 15) is 4.79 Å². The molecule has 0 radical (unpaired) electrons. The van der Waals surface area contributed by atoms with Crippen LogP contribution in [0.15, 0.2) is 35.4 Å². The maximum atomic E-state index is 12.1. The Bertz CT molecular complexity index is 810. The molecule has 0 aliphatic heterocycles. The van der Waals surface area contributed by atoms with E-state index in [0.29, 0.717) is 6.42 Å². The fourth-order valence-corrected chi connectivity index (χ4v) is 4.45. The van der Waals surface area contributed by atoms with Gasteiger partial charge in [0.2, 0.25) is 5.91 Å². The molecular formula is C20H22I2N2O2. The van der Waals surface area contributed by atoms with Crippen LogP contribution in [-0.4, -0.2) is 18.2 Å². The Morgan fingerprint density at radius 1 is 1.19 bits per heavy atom. The van der Waals surface area contributed by atoms with Gasteiger partial charge in [-0.05, 0) is 102 Å². The lowest BCUT2D eigenvalue weighted by Crippen LogP contribution is -2.20. The molecule has 0 fully saturated rings. The molecule has 0 bridgehead atoms. The summed E-state index contributed by atoms with van der Waals surface area (Å²) in [6.45, 7) is 8.05. The summed E-state index contributed by atoms with van der Waals surface area (Å²) < 4.78 is 7.87. The summed E-state index contributed by atoms with van der Waals surface area (Å²) in [6, 6.07) is 10.1. The van der Waals surface area contributed by atoms with Crippen LogP contribution in [0.25, 0.3) is 0 Å². The van der Waals surface area contributed by atoms with E-state index in [1.54, 1.807) is 6.21 Å². The Labute approximate surface area is 182 Å². The Morgan fingerprint density at radius 2 is 1.85 bits per heavy atom. The SMILES string of the molecule is Cc1ccc(C)c(CC(=O)N/N=C/c2cc(I)c(OC(C)C)c(I)c2)c1. The molecule has 0 saturated heterocycles. The maximum Gasteiger partial charge on any atom is 0.244 e. The van der Waals surface area contributed by atoms with Gasteiger partial charge in [0.1, 0.15) is 5.75 Å². The number of hydrogen-bond donors (Lipinski definition) is 1. The molecule has 1 N–H and O–H groups in total. The van der Waals surface area contributed by atoms with Crippen molar-refractivity contribution in [3.05, 3.63) is 59.7 Å². The van der Waals surface area contributed by atoms with E-state index in [2.05, 4.69) is 55.7 Å². The number of aryl methyl sites for hydroxylation is 2. The lowest BCUT2D eigenvalue weighted by atomic mass is 10.0. The average Bonchev–Trinajstić information content (AvgIpc) is 2.54. The predicted molar refractivity (Wildman–Crippen MR) is 123 cm³/mol. The van der Waals surface area contributed by atoms with E-state index in [4.69, 9.17) is 4.74 Å². The molecule has 0 aromatic heterocycles. The quantitative estimate of drug-likeness (QED) is 0.300. The summed E-state index contributed by atoms with van der Waals surface area (Å²) in [7, 11) is 0. The molecule has 0 unspecified atom stereocenters. The first-order valence-electron chi connectivity index (χ1n) is 8.30. The number of amides is 1. The highest BCUT2D eigenvalue weighted by atomic mass is 127. The minimum absolute atomic E-state index is 0.126. The second kappa shape index (κ2) is 9.68. The van der Waals surface area contributed by atoms with Crippen molar-refractivity contribution in [1.29, 1.82) is 0 Å². The van der Waals surface area contributed by atoms with E-state index in [-0.39, 0.29) is 12.0 Å². The van der Waals surface area contributed by atoms with Crippen molar-refractivity contribution in [3.63, 3.8) is 0 Å². The predicted octanol–water partition coefficient (Wildman–Crippen LogP) is 4.99.